The molecule has 2 aromatic rings. The summed E-state index contributed by atoms with van der Waals surface area (Å²) in [6, 6.07) is 5.17. The second kappa shape index (κ2) is 6.79. The molecule has 0 saturated carbocycles. The lowest BCUT2D eigenvalue weighted by molar-refractivity contribution is 0.171. The molecule has 1 atom stereocenters. The van der Waals surface area contributed by atoms with Crippen molar-refractivity contribution in [3.8, 4) is 11.5 Å². The van der Waals surface area contributed by atoms with Gasteiger partial charge in [-0.1, -0.05) is 0 Å². The predicted molar refractivity (Wildman–Crippen MR) is 102 cm³/mol. The number of nitrogens with one attached hydrogen (secondary N) is 2. The Kier molecular flexibility index (Phi) is 4.45. The van der Waals surface area contributed by atoms with Gasteiger partial charge in [-0.3, -0.25) is 4.68 Å². The molecule has 1 aliphatic carbocycles. The van der Waals surface area contributed by atoms with Gasteiger partial charge in [0.1, 0.15) is 13.2 Å². The molecule has 0 bridgehead atoms. The molecule has 1 aromatic carbocycles. The molecule has 27 heavy (non-hydrogen) atoms. The Morgan fingerprint density at radius 1 is 1.22 bits per heavy atom. The second-order valence-electron chi connectivity index (χ2n) is 8.03. The third kappa shape index (κ3) is 3.59. The van der Waals surface area contributed by atoms with Gasteiger partial charge in [0.25, 0.3) is 0 Å². The molecule has 144 valence electrons. The highest BCUT2D eigenvalue weighted by atomic mass is 16.6. The Hall–Kier alpha value is -2.70. The van der Waals surface area contributed by atoms with Crippen LogP contribution in [-0.4, -0.2) is 29.0 Å². The van der Waals surface area contributed by atoms with E-state index in [1.165, 1.54) is 5.69 Å². The average Bonchev–Trinajstić information content (AvgIpc) is 3.07. The zero-order valence-corrected chi connectivity index (χ0v) is 16.0. The van der Waals surface area contributed by atoms with Gasteiger partial charge in [-0.05, 0) is 52.2 Å². The predicted octanol–water partition coefficient (Wildman–Crippen LogP) is 3.61. The molecule has 2 N–H and O–H groups in total. The van der Waals surface area contributed by atoms with Crippen LogP contribution in [0.15, 0.2) is 24.4 Å². The molecule has 0 spiro atoms. The number of anilines is 1. The van der Waals surface area contributed by atoms with Crippen LogP contribution in [0.4, 0.5) is 10.5 Å². The van der Waals surface area contributed by atoms with Gasteiger partial charge in [0.15, 0.2) is 11.5 Å². The number of aromatic nitrogens is 2. The summed E-state index contributed by atoms with van der Waals surface area (Å²) in [5.74, 6) is 1.36. The molecule has 2 aliphatic rings. The van der Waals surface area contributed by atoms with Crippen molar-refractivity contribution in [3.05, 3.63) is 35.7 Å². The van der Waals surface area contributed by atoms with Crippen molar-refractivity contribution in [2.75, 3.05) is 18.5 Å². The molecule has 1 aromatic heterocycles. The molecule has 0 unspecified atom stereocenters. The lowest BCUT2D eigenvalue weighted by atomic mass is 9.92. The minimum atomic E-state index is -0.229. The van der Waals surface area contributed by atoms with Crippen LogP contribution in [0.5, 0.6) is 11.5 Å². The number of hydrogen-bond donors (Lipinski definition) is 2. The minimum absolute atomic E-state index is 0.0259. The summed E-state index contributed by atoms with van der Waals surface area (Å²) in [7, 11) is 0. The van der Waals surface area contributed by atoms with Crippen molar-refractivity contribution in [1.29, 1.82) is 0 Å². The highest BCUT2D eigenvalue weighted by molar-refractivity contribution is 5.90. The molecule has 4 rings (SSSR count). The lowest BCUT2D eigenvalue weighted by Crippen LogP contribution is -2.35. The van der Waals surface area contributed by atoms with Crippen LogP contribution in [0.1, 0.15) is 50.9 Å². The fourth-order valence-corrected chi connectivity index (χ4v) is 3.73. The summed E-state index contributed by atoms with van der Waals surface area (Å²) in [4.78, 5) is 12.5. The van der Waals surface area contributed by atoms with Crippen LogP contribution in [-0.2, 0) is 12.0 Å². The molecule has 0 saturated heterocycles. The van der Waals surface area contributed by atoms with Crippen LogP contribution >= 0.6 is 0 Å². The highest BCUT2D eigenvalue weighted by Gasteiger charge is 2.29. The van der Waals surface area contributed by atoms with Crippen LogP contribution in [0.2, 0.25) is 0 Å². The maximum absolute atomic E-state index is 12.5. The van der Waals surface area contributed by atoms with E-state index in [1.54, 1.807) is 6.07 Å². The molecular formula is C20H26N4O3. The average molecular weight is 370 g/mol. The minimum Gasteiger partial charge on any atom is -0.486 e. The quantitative estimate of drug-likeness (QED) is 0.847. The third-order valence-corrected chi connectivity index (χ3v) is 4.92. The summed E-state index contributed by atoms with van der Waals surface area (Å²) in [6.45, 7) is 7.50. The summed E-state index contributed by atoms with van der Waals surface area (Å²) in [5.41, 5.74) is 2.95. The first-order valence-corrected chi connectivity index (χ1v) is 9.46. The van der Waals surface area contributed by atoms with Crippen LogP contribution < -0.4 is 20.1 Å². The zero-order valence-electron chi connectivity index (χ0n) is 16.0. The number of hydrogen-bond acceptors (Lipinski definition) is 4. The molecule has 2 amide bonds. The summed E-state index contributed by atoms with van der Waals surface area (Å²) < 4.78 is 13.2. The zero-order chi connectivity index (χ0) is 19.0. The van der Waals surface area contributed by atoms with Crippen molar-refractivity contribution in [2.45, 2.75) is 51.6 Å². The molecular weight excluding hydrogens is 344 g/mol. The first kappa shape index (κ1) is 17.7. The van der Waals surface area contributed by atoms with Crippen molar-refractivity contribution >= 4 is 11.7 Å². The maximum Gasteiger partial charge on any atom is 0.319 e. The summed E-state index contributed by atoms with van der Waals surface area (Å²) >= 11 is 0. The normalized spacial score (nSPS) is 18.6. The first-order chi connectivity index (χ1) is 12.9. The number of rotatable bonds is 2. The molecule has 1 aliphatic heterocycles. The Morgan fingerprint density at radius 3 is 2.78 bits per heavy atom. The smallest absolute Gasteiger partial charge is 0.319 e. The van der Waals surface area contributed by atoms with E-state index in [2.05, 4.69) is 41.2 Å². The van der Waals surface area contributed by atoms with Gasteiger partial charge in [0.2, 0.25) is 0 Å². The Balaban J connectivity index is 1.46. The number of urea groups is 1. The van der Waals surface area contributed by atoms with Crippen molar-refractivity contribution < 1.29 is 14.3 Å². The van der Waals surface area contributed by atoms with Gasteiger partial charge in [0, 0.05) is 23.0 Å². The Bertz CT molecular complexity index is 853. The van der Waals surface area contributed by atoms with Gasteiger partial charge in [0.05, 0.1) is 17.8 Å². The van der Waals surface area contributed by atoms with Crippen molar-refractivity contribution in [1.82, 2.24) is 15.1 Å². The summed E-state index contributed by atoms with van der Waals surface area (Å²) in [6.07, 6.45) is 4.84. The molecule has 0 radical (unpaired) electrons. The van der Waals surface area contributed by atoms with Crippen LogP contribution in [0, 0.1) is 0 Å². The maximum atomic E-state index is 12.5. The number of ether oxygens (including phenoxy) is 2. The molecule has 0 fully saturated rings. The van der Waals surface area contributed by atoms with E-state index >= 15 is 0 Å². The SMILES string of the molecule is CC(C)(C)n1ncc2c1CCC[C@H]2NC(=O)Nc1ccc2c(c1)OCCO2. The summed E-state index contributed by atoms with van der Waals surface area (Å²) in [5, 5.41) is 10.6. The number of carbonyl (C=O) groups is 1. The Labute approximate surface area is 159 Å². The number of carbonyl (C=O) groups excluding carboxylic acids is 1. The molecule has 2 heterocycles. The fourth-order valence-electron chi connectivity index (χ4n) is 3.73. The van der Waals surface area contributed by atoms with E-state index in [9.17, 15) is 4.79 Å². The number of fused-ring (bicyclic) bond motifs is 2. The first-order valence-electron chi connectivity index (χ1n) is 9.46. The molecule has 7 nitrogen and oxygen atoms in total. The largest absolute Gasteiger partial charge is 0.486 e. The van der Waals surface area contributed by atoms with E-state index in [0.29, 0.717) is 30.4 Å². The van der Waals surface area contributed by atoms with E-state index in [-0.39, 0.29) is 17.6 Å². The standard InChI is InChI=1S/C20H26N4O3/c1-20(2,3)24-16-6-4-5-15(14(16)12-21-24)23-19(25)22-13-7-8-17-18(11-13)27-10-9-26-17/h7-8,11-12,15H,4-6,9-10H2,1-3H3,(H2,22,23,25)/t15-/m1/s1. The third-order valence-electron chi connectivity index (χ3n) is 4.92. The molecule has 7 heteroatoms. The van der Waals surface area contributed by atoms with Gasteiger partial charge in [-0.2, -0.15) is 5.10 Å². The van der Waals surface area contributed by atoms with Crippen LogP contribution in [0.25, 0.3) is 0 Å². The van der Waals surface area contributed by atoms with E-state index in [4.69, 9.17) is 9.47 Å². The number of amides is 2. The second-order valence-corrected chi connectivity index (χ2v) is 8.03. The van der Waals surface area contributed by atoms with Gasteiger partial charge < -0.3 is 20.1 Å². The van der Waals surface area contributed by atoms with Crippen molar-refractivity contribution in [3.63, 3.8) is 0 Å². The van der Waals surface area contributed by atoms with E-state index in [0.717, 1.165) is 24.8 Å². The lowest BCUT2D eigenvalue weighted by Gasteiger charge is -2.28. The Morgan fingerprint density at radius 2 is 2.00 bits per heavy atom. The van der Waals surface area contributed by atoms with E-state index in [1.807, 2.05) is 18.3 Å². The van der Waals surface area contributed by atoms with Crippen LogP contribution in [0.3, 0.4) is 0 Å². The van der Waals surface area contributed by atoms with Gasteiger partial charge >= 0.3 is 6.03 Å². The topological polar surface area (TPSA) is 77.4 Å². The number of benzene rings is 1. The number of nitrogens with zero attached hydrogens (tertiary/aromatic N) is 2. The van der Waals surface area contributed by atoms with Gasteiger partial charge in [-0.15, -0.1) is 0 Å². The van der Waals surface area contributed by atoms with E-state index < -0.39 is 0 Å². The van der Waals surface area contributed by atoms with Gasteiger partial charge in [-0.25, -0.2) is 4.79 Å². The monoisotopic (exact) mass is 370 g/mol. The van der Waals surface area contributed by atoms with Crippen molar-refractivity contribution in [2.24, 2.45) is 0 Å². The highest BCUT2D eigenvalue weighted by Crippen LogP contribution is 2.34. The fraction of sp³-hybridized carbons (Fsp3) is 0.500.